The van der Waals surface area contributed by atoms with Crippen LogP contribution in [0, 0.1) is 0 Å². The minimum atomic E-state index is 0.0131. The fourth-order valence-corrected chi connectivity index (χ4v) is 2.09. The number of anilines is 1. The number of amides is 1. The van der Waals surface area contributed by atoms with Crippen molar-refractivity contribution in [2.24, 2.45) is 0 Å². The number of fused-ring (bicyclic) bond motifs is 1. The molecule has 1 aromatic heterocycles. The van der Waals surface area contributed by atoms with Gasteiger partial charge in [0.1, 0.15) is 0 Å². The molecule has 0 aliphatic carbocycles. The highest BCUT2D eigenvalue weighted by Gasteiger charge is 2.19. The van der Waals surface area contributed by atoms with E-state index in [9.17, 15) is 4.79 Å². The second-order valence-electron chi connectivity index (χ2n) is 2.50. The summed E-state index contributed by atoms with van der Waals surface area (Å²) in [6.07, 6.45) is 0.871. The van der Waals surface area contributed by atoms with E-state index in [-0.39, 0.29) is 5.91 Å². The summed E-state index contributed by atoms with van der Waals surface area (Å²) in [6, 6.07) is 0. The van der Waals surface area contributed by atoms with Gasteiger partial charge in [0, 0.05) is 17.5 Å². The molecule has 0 saturated carbocycles. The molecule has 0 unspecified atom stereocenters. The summed E-state index contributed by atoms with van der Waals surface area (Å²) in [5.74, 6) is 0.0131. The lowest BCUT2D eigenvalue weighted by Gasteiger charge is -2.12. The van der Waals surface area contributed by atoms with Crippen molar-refractivity contribution in [1.82, 2.24) is 5.32 Å². The Kier molecular flexibility index (Phi) is 1.35. The van der Waals surface area contributed by atoms with E-state index in [1.54, 1.807) is 0 Å². The molecule has 0 atom stereocenters. The summed E-state index contributed by atoms with van der Waals surface area (Å²) in [6.45, 7) is 0.715. The molecule has 2 rings (SSSR count). The van der Waals surface area contributed by atoms with Crippen LogP contribution in [0.3, 0.4) is 0 Å². The number of hydrogen-bond acceptors (Lipinski definition) is 3. The molecule has 1 aliphatic rings. The minimum Gasteiger partial charge on any atom is -0.390 e. The third-order valence-corrected chi connectivity index (χ3v) is 2.69. The van der Waals surface area contributed by atoms with Gasteiger partial charge in [0.2, 0.25) is 0 Å². The Morgan fingerprint density at radius 1 is 1.64 bits per heavy atom. The SMILES string of the molecule is Nc1scc2c1CCNC2=O. The van der Waals surface area contributed by atoms with Crippen LogP contribution in [-0.4, -0.2) is 12.5 Å². The summed E-state index contributed by atoms with van der Waals surface area (Å²) >= 11 is 1.44. The first kappa shape index (κ1) is 6.67. The molecule has 0 aromatic carbocycles. The van der Waals surface area contributed by atoms with E-state index in [0.717, 1.165) is 22.5 Å². The molecular weight excluding hydrogens is 160 g/mol. The third kappa shape index (κ3) is 0.903. The Morgan fingerprint density at radius 2 is 2.45 bits per heavy atom. The summed E-state index contributed by atoms with van der Waals surface area (Å²) < 4.78 is 0. The van der Waals surface area contributed by atoms with Gasteiger partial charge in [-0.1, -0.05) is 0 Å². The van der Waals surface area contributed by atoms with Crippen molar-refractivity contribution < 1.29 is 4.79 Å². The molecule has 1 amide bonds. The van der Waals surface area contributed by atoms with Crippen LogP contribution in [0.15, 0.2) is 5.38 Å². The zero-order valence-electron chi connectivity index (χ0n) is 5.89. The zero-order chi connectivity index (χ0) is 7.84. The minimum absolute atomic E-state index is 0.0131. The lowest BCUT2D eigenvalue weighted by atomic mass is 10.1. The van der Waals surface area contributed by atoms with Crippen LogP contribution >= 0.6 is 11.3 Å². The molecule has 0 fully saturated rings. The number of nitrogen functional groups attached to an aromatic ring is 1. The van der Waals surface area contributed by atoms with Crippen molar-refractivity contribution in [2.45, 2.75) is 6.42 Å². The van der Waals surface area contributed by atoms with Crippen molar-refractivity contribution in [1.29, 1.82) is 0 Å². The molecule has 0 saturated heterocycles. The Morgan fingerprint density at radius 3 is 3.18 bits per heavy atom. The number of carbonyl (C=O) groups is 1. The molecule has 58 valence electrons. The van der Waals surface area contributed by atoms with Crippen LogP contribution in [0.4, 0.5) is 5.00 Å². The molecule has 2 heterocycles. The average molecular weight is 168 g/mol. The molecule has 0 spiro atoms. The van der Waals surface area contributed by atoms with Gasteiger partial charge in [0.05, 0.1) is 10.6 Å². The second-order valence-corrected chi connectivity index (χ2v) is 3.41. The van der Waals surface area contributed by atoms with E-state index >= 15 is 0 Å². The quantitative estimate of drug-likeness (QED) is 0.596. The monoisotopic (exact) mass is 168 g/mol. The lowest BCUT2D eigenvalue weighted by Crippen LogP contribution is -2.31. The van der Waals surface area contributed by atoms with E-state index in [2.05, 4.69) is 5.32 Å². The molecule has 1 aromatic rings. The van der Waals surface area contributed by atoms with Gasteiger partial charge in [-0.15, -0.1) is 11.3 Å². The van der Waals surface area contributed by atoms with E-state index in [0.29, 0.717) is 6.54 Å². The Labute approximate surface area is 68.2 Å². The van der Waals surface area contributed by atoms with Crippen LogP contribution in [0.25, 0.3) is 0 Å². The Balaban J connectivity index is 2.55. The fraction of sp³-hybridized carbons (Fsp3) is 0.286. The smallest absolute Gasteiger partial charge is 0.252 e. The van der Waals surface area contributed by atoms with E-state index in [1.165, 1.54) is 11.3 Å². The molecule has 4 heteroatoms. The second kappa shape index (κ2) is 2.23. The highest BCUT2D eigenvalue weighted by molar-refractivity contribution is 7.14. The molecule has 0 bridgehead atoms. The third-order valence-electron chi connectivity index (χ3n) is 1.83. The first-order chi connectivity index (χ1) is 5.29. The predicted molar refractivity (Wildman–Crippen MR) is 44.8 cm³/mol. The predicted octanol–water partition coefficient (Wildman–Crippen LogP) is 0.616. The number of rotatable bonds is 0. The zero-order valence-corrected chi connectivity index (χ0v) is 6.70. The first-order valence-corrected chi connectivity index (χ1v) is 4.31. The summed E-state index contributed by atoms with van der Waals surface area (Å²) in [5, 5.41) is 5.37. The Bertz CT molecular complexity index is 305. The maximum atomic E-state index is 11.1. The average Bonchev–Trinajstić information content (AvgIpc) is 2.35. The van der Waals surface area contributed by atoms with Crippen molar-refractivity contribution in [3.8, 4) is 0 Å². The van der Waals surface area contributed by atoms with Gasteiger partial charge in [-0.2, -0.15) is 0 Å². The number of thiophene rings is 1. The van der Waals surface area contributed by atoms with Gasteiger partial charge in [-0.3, -0.25) is 4.79 Å². The molecule has 11 heavy (non-hydrogen) atoms. The molecule has 3 nitrogen and oxygen atoms in total. The van der Waals surface area contributed by atoms with E-state index in [1.807, 2.05) is 5.38 Å². The van der Waals surface area contributed by atoms with Gasteiger partial charge in [-0.05, 0) is 6.42 Å². The lowest BCUT2D eigenvalue weighted by molar-refractivity contribution is 0.0947. The van der Waals surface area contributed by atoms with Crippen LogP contribution in [0.1, 0.15) is 15.9 Å². The first-order valence-electron chi connectivity index (χ1n) is 3.43. The summed E-state index contributed by atoms with van der Waals surface area (Å²) in [5.41, 5.74) is 7.45. The molecule has 1 aliphatic heterocycles. The number of nitrogens with two attached hydrogens (primary N) is 1. The maximum absolute atomic E-state index is 11.1. The van der Waals surface area contributed by atoms with Gasteiger partial charge < -0.3 is 11.1 Å². The standard InChI is InChI=1S/C7H8N2OS/c8-6-4-1-2-9-7(10)5(4)3-11-6/h3H,1-2,8H2,(H,9,10). The Hall–Kier alpha value is -1.03. The van der Waals surface area contributed by atoms with Crippen molar-refractivity contribution in [3.63, 3.8) is 0 Å². The molecule has 3 N–H and O–H groups in total. The van der Waals surface area contributed by atoms with Gasteiger partial charge in [-0.25, -0.2) is 0 Å². The highest BCUT2D eigenvalue weighted by atomic mass is 32.1. The van der Waals surface area contributed by atoms with Crippen LogP contribution in [-0.2, 0) is 6.42 Å². The van der Waals surface area contributed by atoms with Crippen LogP contribution in [0.2, 0.25) is 0 Å². The van der Waals surface area contributed by atoms with Gasteiger partial charge in [0.25, 0.3) is 5.91 Å². The van der Waals surface area contributed by atoms with Crippen LogP contribution < -0.4 is 11.1 Å². The molecular formula is C7H8N2OS. The normalized spacial score (nSPS) is 15.8. The largest absolute Gasteiger partial charge is 0.390 e. The van der Waals surface area contributed by atoms with Crippen molar-refractivity contribution in [3.05, 3.63) is 16.5 Å². The fourth-order valence-electron chi connectivity index (χ4n) is 1.24. The summed E-state index contributed by atoms with van der Waals surface area (Å²) in [4.78, 5) is 11.1. The number of carbonyl (C=O) groups excluding carboxylic acids is 1. The van der Waals surface area contributed by atoms with Crippen LogP contribution in [0.5, 0.6) is 0 Å². The van der Waals surface area contributed by atoms with Crippen molar-refractivity contribution in [2.75, 3.05) is 12.3 Å². The topological polar surface area (TPSA) is 55.1 Å². The van der Waals surface area contributed by atoms with Crippen molar-refractivity contribution >= 4 is 22.2 Å². The molecule has 0 radical (unpaired) electrons. The van der Waals surface area contributed by atoms with E-state index < -0.39 is 0 Å². The summed E-state index contributed by atoms with van der Waals surface area (Å²) in [7, 11) is 0. The van der Waals surface area contributed by atoms with Gasteiger partial charge >= 0.3 is 0 Å². The maximum Gasteiger partial charge on any atom is 0.252 e. The van der Waals surface area contributed by atoms with Gasteiger partial charge in [0.15, 0.2) is 0 Å². The highest BCUT2D eigenvalue weighted by Crippen LogP contribution is 2.26. The number of nitrogens with one attached hydrogen (secondary N) is 1. The van der Waals surface area contributed by atoms with E-state index in [4.69, 9.17) is 5.73 Å². The number of hydrogen-bond donors (Lipinski definition) is 2.